The zero-order valence-electron chi connectivity index (χ0n) is 17.4. The summed E-state index contributed by atoms with van der Waals surface area (Å²) >= 11 is 12.2. The summed E-state index contributed by atoms with van der Waals surface area (Å²) in [4.78, 5) is 24.7. The molecule has 160 valence electrons. The summed E-state index contributed by atoms with van der Waals surface area (Å²) in [5.41, 5.74) is 3.83. The van der Waals surface area contributed by atoms with Crippen LogP contribution in [0.1, 0.15) is 39.8 Å². The maximum absolute atomic E-state index is 12.4. The number of benzene rings is 2. The lowest BCUT2D eigenvalue weighted by atomic mass is 10.1. The lowest BCUT2D eigenvalue weighted by Crippen LogP contribution is -2.23. The van der Waals surface area contributed by atoms with Crippen LogP contribution >= 0.6 is 23.2 Å². The highest BCUT2D eigenvalue weighted by Crippen LogP contribution is 2.20. The van der Waals surface area contributed by atoms with Crippen molar-refractivity contribution >= 4 is 41.0 Å². The first kappa shape index (κ1) is 22.8. The van der Waals surface area contributed by atoms with Gasteiger partial charge in [-0.3, -0.25) is 9.48 Å². The largest absolute Gasteiger partial charge is 0.451 e. The normalized spacial score (nSPS) is 12.2. The van der Waals surface area contributed by atoms with Gasteiger partial charge in [-0.2, -0.15) is 5.10 Å². The fourth-order valence-electron chi connectivity index (χ4n) is 3.19. The number of halogens is 2. The minimum Gasteiger partial charge on any atom is -0.451 e. The van der Waals surface area contributed by atoms with E-state index in [2.05, 4.69) is 5.10 Å². The van der Waals surface area contributed by atoms with Gasteiger partial charge in [0, 0.05) is 32.9 Å². The smallest absolute Gasteiger partial charge is 0.331 e. The van der Waals surface area contributed by atoms with E-state index in [0.717, 1.165) is 22.5 Å². The fourth-order valence-corrected chi connectivity index (χ4v) is 3.57. The van der Waals surface area contributed by atoms with E-state index in [9.17, 15) is 9.59 Å². The third-order valence-corrected chi connectivity index (χ3v) is 5.48. The Morgan fingerprint density at radius 3 is 2.58 bits per heavy atom. The van der Waals surface area contributed by atoms with Crippen molar-refractivity contribution in [2.75, 3.05) is 0 Å². The van der Waals surface area contributed by atoms with Gasteiger partial charge in [0.2, 0.25) is 5.78 Å². The highest BCUT2D eigenvalue weighted by atomic mass is 35.5. The Balaban J connectivity index is 1.68. The summed E-state index contributed by atoms with van der Waals surface area (Å²) in [6, 6.07) is 14.1. The molecule has 1 unspecified atom stereocenters. The molecular weight excluding hydrogens is 435 g/mol. The molecule has 1 aromatic heterocycles. The van der Waals surface area contributed by atoms with Gasteiger partial charge in [-0.1, -0.05) is 53.5 Å². The van der Waals surface area contributed by atoms with Crippen molar-refractivity contribution < 1.29 is 14.3 Å². The average molecular weight is 457 g/mol. The Labute approximate surface area is 191 Å². The Kier molecular flexibility index (Phi) is 7.31. The summed E-state index contributed by atoms with van der Waals surface area (Å²) in [5.74, 6) is -0.926. The molecule has 1 heterocycles. The summed E-state index contributed by atoms with van der Waals surface area (Å²) in [6.07, 6.45) is 2.03. The predicted octanol–water partition coefficient (Wildman–Crippen LogP) is 5.68. The molecule has 0 bridgehead atoms. The molecule has 0 spiro atoms. The number of rotatable bonds is 7. The van der Waals surface area contributed by atoms with E-state index in [4.69, 9.17) is 27.9 Å². The number of hydrogen-bond acceptors (Lipinski definition) is 4. The van der Waals surface area contributed by atoms with Gasteiger partial charge < -0.3 is 4.74 Å². The first-order chi connectivity index (χ1) is 14.8. The number of carbonyl (C=O) groups is 2. The minimum absolute atomic E-state index is 0.316. The molecule has 0 saturated heterocycles. The van der Waals surface area contributed by atoms with Gasteiger partial charge in [-0.25, -0.2) is 4.79 Å². The molecule has 0 fully saturated rings. The fraction of sp³-hybridized carbons (Fsp3) is 0.208. The van der Waals surface area contributed by atoms with Crippen LogP contribution < -0.4 is 0 Å². The maximum Gasteiger partial charge on any atom is 0.331 e. The Bertz CT molecular complexity index is 1150. The number of hydrogen-bond donors (Lipinski definition) is 0. The van der Waals surface area contributed by atoms with Crippen LogP contribution in [0.2, 0.25) is 10.0 Å². The van der Waals surface area contributed by atoms with E-state index in [1.807, 2.05) is 42.8 Å². The predicted molar refractivity (Wildman–Crippen MR) is 123 cm³/mol. The van der Waals surface area contributed by atoms with Crippen molar-refractivity contribution in [3.8, 4) is 0 Å². The third-order valence-electron chi connectivity index (χ3n) is 4.87. The zero-order chi connectivity index (χ0) is 22.5. The van der Waals surface area contributed by atoms with Gasteiger partial charge in [-0.15, -0.1) is 0 Å². The molecule has 0 aliphatic heterocycles. The average Bonchev–Trinajstić information content (AvgIpc) is 3.00. The standard InChI is InChI=1S/C24H22Cl2N2O3/c1-15-21(16(2)28(27-15)14-19-7-4-5-10-22(19)26)11-12-23(29)31-17(3)24(30)18-8-6-9-20(25)13-18/h4-13,17H,14H2,1-3H3/b12-11+. The van der Waals surface area contributed by atoms with Crippen LogP contribution in [0, 0.1) is 13.8 Å². The lowest BCUT2D eigenvalue weighted by molar-refractivity contribution is -0.140. The number of Topliss-reactive ketones (excluding diaryl/α,β-unsaturated/α-hetero) is 1. The molecule has 7 heteroatoms. The molecule has 1 atom stereocenters. The second kappa shape index (κ2) is 9.94. The molecule has 31 heavy (non-hydrogen) atoms. The molecule has 0 N–H and O–H groups in total. The molecular formula is C24H22Cl2N2O3. The second-order valence-electron chi connectivity index (χ2n) is 7.12. The SMILES string of the molecule is Cc1nn(Cc2ccccc2Cl)c(C)c1/C=C/C(=O)OC(C)C(=O)c1cccc(Cl)c1. The second-order valence-corrected chi connectivity index (χ2v) is 7.96. The van der Waals surface area contributed by atoms with E-state index in [1.54, 1.807) is 30.3 Å². The first-order valence-corrected chi connectivity index (χ1v) is 10.5. The van der Waals surface area contributed by atoms with E-state index < -0.39 is 12.1 Å². The highest BCUT2D eigenvalue weighted by Gasteiger charge is 2.19. The first-order valence-electron chi connectivity index (χ1n) is 9.72. The molecule has 3 rings (SSSR count). The van der Waals surface area contributed by atoms with Crippen molar-refractivity contribution in [3.05, 3.63) is 92.7 Å². The van der Waals surface area contributed by atoms with Crippen molar-refractivity contribution in [2.24, 2.45) is 0 Å². The molecule has 3 aromatic rings. The Morgan fingerprint density at radius 1 is 1.13 bits per heavy atom. The molecule has 0 saturated carbocycles. The number of ether oxygens (including phenoxy) is 1. The van der Waals surface area contributed by atoms with Crippen LogP contribution in [0.25, 0.3) is 6.08 Å². The number of esters is 1. The monoisotopic (exact) mass is 456 g/mol. The molecule has 0 amide bonds. The topological polar surface area (TPSA) is 61.2 Å². The van der Waals surface area contributed by atoms with Crippen LogP contribution in [0.4, 0.5) is 0 Å². The van der Waals surface area contributed by atoms with Crippen molar-refractivity contribution in [1.29, 1.82) is 0 Å². The van der Waals surface area contributed by atoms with Gasteiger partial charge in [0.25, 0.3) is 0 Å². The van der Waals surface area contributed by atoms with Crippen molar-refractivity contribution in [3.63, 3.8) is 0 Å². The molecule has 0 radical (unpaired) electrons. The zero-order valence-corrected chi connectivity index (χ0v) is 18.9. The van der Waals surface area contributed by atoms with E-state index in [-0.39, 0.29) is 5.78 Å². The number of aryl methyl sites for hydroxylation is 1. The van der Waals surface area contributed by atoms with Gasteiger partial charge in [0.15, 0.2) is 6.10 Å². The lowest BCUT2D eigenvalue weighted by Gasteiger charge is -2.11. The molecule has 5 nitrogen and oxygen atoms in total. The van der Waals surface area contributed by atoms with Crippen LogP contribution in [0.5, 0.6) is 0 Å². The van der Waals surface area contributed by atoms with Crippen LogP contribution in [-0.4, -0.2) is 27.6 Å². The van der Waals surface area contributed by atoms with Crippen LogP contribution in [0.3, 0.4) is 0 Å². The third kappa shape index (κ3) is 5.63. The van der Waals surface area contributed by atoms with E-state index >= 15 is 0 Å². The number of aromatic nitrogens is 2. The Morgan fingerprint density at radius 2 is 1.87 bits per heavy atom. The van der Waals surface area contributed by atoms with Crippen molar-refractivity contribution in [1.82, 2.24) is 9.78 Å². The molecule has 0 aliphatic rings. The minimum atomic E-state index is -0.930. The number of nitrogens with zero attached hydrogens (tertiary/aromatic N) is 2. The van der Waals surface area contributed by atoms with Gasteiger partial charge in [0.1, 0.15) is 0 Å². The molecule has 0 aliphatic carbocycles. The van der Waals surface area contributed by atoms with Gasteiger partial charge in [0.05, 0.1) is 12.2 Å². The summed E-state index contributed by atoms with van der Waals surface area (Å²) < 4.78 is 7.10. The number of carbonyl (C=O) groups excluding carboxylic acids is 2. The van der Waals surface area contributed by atoms with Crippen molar-refractivity contribution in [2.45, 2.75) is 33.4 Å². The summed E-state index contributed by atoms with van der Waals surface area (Å²) in [5, 5.41) is 5.67. The maximum atomic E-state index is 12.4. The summed E-state index contributed by atoms with van der Waals surface area (Å²) in [7, 11) is 0. The number of ketones is 1. The van der Waals surface area contributed by atoms with Crippen LogP contribution in [-0.2, 0) is 16.1 Å². The quantitative estimate of drug-likeness (QED) is 0.260. The van der Waals surface area contributed by atoms with Gasteiger partial charge in [-0.05, 0) is 50.6 Å². The van der Waals surface area contributed by atoms with E-state index in [0.29, 0.717) is 22.2 Å². The molecule has 2 aromatic carbocycles. The summed E-state index contributed by atoms with van der Waals surface area (Å²) in [6.45, 7) is 5.85. The van der Waals surface area contributed by atoms with E-state index in [1.165, 1.54) is 13.0 Å². The highest BCUT2D eigenvalue weighted by molar-refractivity contribution is 6.31. The van der Waals surface area contributed by atoms with Gasteiger partial charge >= 0.3 is 5.97 Å². The Hall–Kier alpha value is -2.89. The van der Waals surface area contributed by atoms with Crippen LogP contribution in [0.15, 0.2) is 54.6 Å².